The van der Waals surface area contributed by atoms with Gasteiger partial charge in [0.1, 0.15) is 0 Å². The molecule has 2 heteroatoms. The lowest BCUT2D eigenvalue weighted by Crippen LogP contribution is -2.19. The Morgan fingerprint density at radius 3 is 1.64 bits per heavy atom. The number of hydrogen-bond donors (Lipinski definition) is 0. The molecule has 0 bridgehead atoms. The third-order valence-corrected chi connectivity index (χ3v) is 3.32. The van der Waals surface area contributed by atoms with E-state index in [1.165, 1.54) is 25.7 Å². The minimum atomic E-state index is 0.688. The van der Waals surface area contributed by atoms with Crippen LogP contribution < -0.4 is 0 Å². The predicted octanol–water partition coefficient (Wildman–Crippen LogP) is 3.40. The van der Waals surface area contributed by atoms with Gasteiger partial charge in [-0.15, -0.1) is 0 Å². The second kappa shape index (κ2) is 6.44. The van der Waals surface area contributed by atoms with Crippen molar-refractivity contribution in [2.45, 2.75) is 51.4 Å². The highest BCUT2D eigenvalue weighted by Gasteiger charge is 2.23. The first-order valence-corrected chi connectivity index (χ1v) is 5.62. The molecule has 0 spiro atoms. The van der Waals surface area contributed by atoms with Crippen molar-refractivity contribution >= 4 is 0 Å². The van der Waals surface area contributed by atoms with E-state index in [1.807, 2.05) is 0 Å². The first kappa shape index (κ1) is 11.1. The zero-order valence-electron chi connectivity index (χ0n) is 8.71. The van der Waals surface area contributed by atoms with E-state index in [1.54, 1.807) is 0 Å². The molecule has 2 atom stereocenters. The molecule has 1 aliphatic carbocycles. The molecular formula is C12H18N2. The smallest absolute Gasteiger partial charge is 0.0621 e. The first-order chi connectivity index (χ1) is 6.88. The quantitative estimate of drug-likeness (QED) is 0.682. The van der Waals surface area contributed by atoms with E-state index in [0.29, 0.717) is 12.8 Å². The molecule has 1 saturated carbocycles. The van der Waals surface area contributed by atoms with Crippen LogP contribution in [0, 0.1) is 34.5 Å². The van der Waals surface area contributed by atoms with Crippen molar-refractivity contribution in [3.8, 4) is 12.1 Å². The van der Waals surface area contributed by atoms with Crippen molar-refractivity contribution in [1.29, 1.82) is 10.5 Å². The SMILES string of the molecule is N#CCCC1CCCCC1CCC#N. The largest absolute Gasteiger partial charge is 0.198 e. The summed E-state index contributed by atoms with van der Waals surface area (Å²) in [6.07, 6.45) is 8.66. The average molecular weight is 190 g/mol. The van der Waals surface area contributed by atoms with Gasteiger partial charge in [0.15, 0.2) is 0 Å². The third kappa shape index (κ3) is 3.38. The molecule has 1 rings (SSSR count). The second-order valence-corrected chi connectivity index (χ2v) is 4.20. The van der Waals surface area contributed by atoms with Gasteiger partial charge in [0.2, 0.25) is 0 Å². The summed E-state index contributed by atoms with van der Waals surface area (Å²) in [7, 11) is 0. The fourth-order valence-corrected chi connectivity index (χ4v) is 2.54. The lowest BCUT2D eigenvalue weighted by Gasteiger charge is -2.30. The highest BCUT2D eigenvalue weighted by molar-refractivity contribution is 4.82. The molecule has 1 fully saturated rings. The van der Waals surface area contributed by atoms with Crippen LogP contribution in [0.2, 0.25) is 0 Å². The molecule has 14 heavy (non-hydrogen) atoms. The zero-order chi connectivity index (χ0) is 10.2. The van der Waals surface area contributed by atoms with E-state index in [-0.39, 0.29) is 0 Å². The van der Waals surface area contributed by atoms with Gasteiger partial charge in [-0.2, -0.15) is 10.5 Å². The van der Waals surface area contributed by atoms with Crippen molar-refractivity contribution in [1.82, 2.24) is 0 Å². The fraction of sp³-hybridized carbons (Fsp3) is 0.833. The van der Waals surface area contributed by atoms with E-state index in [0.717, 1.165) is 24.7 Å². The Hall–Kier alpha value is -1.02. The maximum Gasteiger partial charge on any atom is 0.0621 e. The maximum absolute atomic E-state index is 8.56. The Balaban J connectivity index is 2.35. The summed E-state index contributed by atoms with van der Waals surface area (Å²) < 4.78 is 0. The molecule has 76 valence electrons. The summed E-state index contributed by atoms with van der Waals surface area (Å²) in [5, 5.41) is 17.1. The Bertz CT molecular complexity index is 208. The highest BCUT2D eigenvalue weighted by Crippen LogP contribution is 2.35. The van der Waals surface area contributed by atoms with Crippen molar-refractivity contribution < 1.29 is 0 Å². The van der Waals surface area contributed by atoms with Crippen LogP contribution in [-0.2, 0) is 0 Å². The lowest BCUT2D eigenvalue weighted by molar-refractivity contribution is 0.215. The molecule has 2 nitrogen and oxygen atoms in total. The second-order valence-electron chi connectivity index (χ2n) is 4.20. The molecule has 1 aliphatic rings. The number of hydrogen-bond acceptors (Lipinski definition) is 2. The van der Waals surface area contributed by atoms with Gasteiger partial charge in [0, 0.05) is 12.8 Å². The summed E-state index contributed by atoms with van der Waals surface area (Å²) in [6.45, 7) is 0. The number of rotatable bonds is 4. The topological polar surface area (TPSA) is 47.6 Å². The van der Waals surface area contributed by atoms with Gasteiger partial charge >= 0.3 is 0 Å². The van der Waals surface area contributed by atoms with Crippen LogP contribution in [0.3, 0.4) is 0 Å². The van der Waals surface area contributed by atoms with Gasteiger partial charge in [0.05, 0.1) is 12.1 Å². The van der Waals surface area contributed by atoms with E-state index in [9.17, 15) is 0 Å². The van der Waals surface area contributed by atoms with E-state index >= 15 is 0 Å². The Morgan fingerprint density at radius 2 is 1.29 bits per heavy atom. The van der Waals surface area contributed by atoms with Crippen LogP contribution in [0.15, 0.2) is 0 Å². The predicted molar refractivity (Wildman–Crippen MR) is 55.1 cm³/mol. The van der Waals surface area contributed by atoms with Crippen LogP contribution in [-0.4, -0.2) is 0 Å². The summed E-state index contributed by atoms with van der Waals surface area (Å²) in [6, 6.07) is 4.45. The van der Waals surface area contributed by atoms with Crippen molar-refractivity contribution in [2.75, 3.05) is 0 Å². The van der Waals surface area contributed by atoms with Gasteiger partial charge < -0.3 is 0 Å². The molecule has 0 N–H and O–H groups in total. The monoisotopic (exact) mass is 190 g/mol. The molecular weight excluding hydrogens is 172 g/mol. The molecule has 0 aliphatic heterocycles. The summed E-state index contributed by atoms with van der Waals surface area (Å²) >= 11 is 0. The molecule has 0 aromatic carbocycles. The first-order valence-electron chi connectivity index (χ1n) is 5.62. The minimum absolute atomic E-state index is 0.688. The van der Waals surface area contributed by atoms with Gasteiger partial charge in [-0.25, -0.2) is 0 Å². The van der Waals surface area contributed by atoms with E-state index in [4.69, 9.17) is 10.5 Å². The standard InChI is InChI=1S/C12H18N2/c13-9-3-7-11-5-1-2-6-12(11)8-4-10-14/h11-12H,1-8H2. The van der Waals surface area contributed by atoms with Gasteiger partial charge in [0.25, 0.3) is 0 Å². The van der Waals surface area contributed by atoms with Crippen molar-refractivity contribution in [3.63, 3.8) is 0 Å². The zero-order valence-corrected chi connectivity index (χ0v) is 8.71. The summed E-state index contributed by atoms with van der Waals surface area (Å²) in [4.78, 5) is 0. The molecule has 0 saturated heterocycles. The van der Waals surface area contributed by atoms with Crippen molar-refractivity contribution in [3.05, 3.63) is 0 Å². The van der Waals surface area contributed by atoms with Gasteiger partial charge in [-0.05, 0) is 24.7 Å². The Labute approximate surface area is 86.5 Å². The molecule has 2 unspecified atom stereocenters. The number of nitriles is 2. The van der Waals surface area contributed by atoms with Gasteiger partial charge in [-0.3, -0.25) is 0 Å². The number of nitrogens with zero attached hydrogens (tertiary/aromatic N) is 2. The van der Waals surface area contributed by atoms with Gasteiger partial charge in [-0.1, -0.05) is 25.7 Å². The molecule has 0 aromatic heterocycles. The van der Waals surface area contributed by atoms with E-state index < -0.39 is 0 Å². The average Bonchev–Trinajstić information content (AvgIpc) is 2.24. The maximum atomic E-state index is 8.56. The molecule has 0 amide bonds. The van der Waals surface area contributed by atoms with Crippen molar-refractivity contribution in [2.24, 2.45) is 11.8 Å². The molecule has 0 radical (unpaired) electrons. The summed E-state index contributed by atoms with van der Waals surface area (Å²) in [5.74, 6) is 1.44. The molecule has 0 heterocycles. The summed E-state index contributed by atoms with van der Waals surface area (Å²) in [5.41, 5.74) is 0. The van der Waals surface area contributed by atoms with Crippen LogP contribution in [0.25, 0.3) is 0 Å². The Kier molecular flexibility index (Phi) is 5.08. The minimum Gasteiger partial charge on any atom is -0.198 e. The van der Waals surface area contributed by atoms with Crippen LogP contribution in [0.5, 0.6) is 0 Å². The van der Waals surface area contributed by atoms with Crippen LogP contribution in [0.4, 0.5) is 0 Å². The lowest BCUT2D eigenvalue weighted by atomic mass is 9.75. The fourth-order valence-electron chi connectivity index (χ4n) is 2.54. The normalized spacial score (nSPS) is 26.4. The Morgan fingerprint density at radius 1 is 0.857 bits per heavy atom. The van der Waals surface area contributed by atoms with E-state index in [2.05, 4.69) is 12.1 Å². The highest BCUT2D eigenvalue weighted by atomic mass is 14.3. The third-order valence-electron chi connectivity index (χ3n) is 3.32. The van der Waals surface area contributed by atoms with Crippen LogP contribution >= 0.6 is 0 Å². The molecule has 0 aromatic rings. The van der Waals surface area contributed by atoms with Crippen LogP contribution in [0.1, 0.15) is 51.4 Å².